The molecule has 19 heavy (non-hydrogen) atoms. The number of nitrogens with zero attached hydrogens (tertiary/aromatic N) is 1. The average molecular weight is 268 g/mol. The monoisotopic (exact) mass is 268 g/mol. The number of benzene rings is 1. The van der Waals surface area contributed by atoms with Gasteiger partial charge in [0.15, 0.2) is 0 Å². The zero-order chi connectivity index (χ0) is 14.1. The molecule has 0 aromatic heterocycles. The van der Waals surface area contributed by atoms with E-state index in [0.29, 0.717) is 12.4 Å². The minimum absolute atomic E-state index is 0.255. The van der Waals surface area contributed by atoms with Gasteiger partial charge in [-0.25, -0.2) is 4.39 Å². The smallest absolute Gasteiger partial charge is 0.126 e. The van der Waals surface area contributed by atoms with E-state index in [9.17, 15) is 4.39 Å². The largest absolute Gasteiger partial charge is 0.492 e. The summed E-state index contributed by atoms with van der Waals surface area (Å²) in [4.78, 5) is 2.37. The topological polar surface area (TPSA) is 24.5 Å². The first-order chi connectivity index (χ1) is 9.17. The minimum atomic E-state index is -0.255. The van der Waals surface area contributed by atoms with Crippen LogP contribution in [0.3, 0.4) is 0 Å². The molecule has 0 fully saturated rings. The molecule has 1 aromatic rings. The van der Waals surface area contributed by atoms with Crippen LogP contribution in [0.1, 0.15) is 19.4 Å². The molecular formula is C15H25FN2O. The van der Waals surface area contributed by atoms with Crippen LogP contribution < -0.4 is 10.1 Å². The van der Waals surface area contributed by atoms with Crippen LogP contribution in [0, 0.1) is 12.7 Å². The van der Waals surface area contributed by atoms with Crippen molar-refractivity contribution in [2.45, 2.75) is 20.8 Å². The van der Waals surface area contributed by atoms with Crippen molar-refractivity contribution in [1.82, 2.24) is 10.2 Å². The Balaban J connectivity index is 2.15. The molecule has 0 radical (unpaired) electrons. The van der Waals surface area contributed by atoms with Gasteiger partial charge in [-0.05, 0) is 31.6 Å². The highest BCUT2D eigenvalue weighted by molar-refractivity contribution is 5.32. The SMILES string of the molecule is CCN(CC)CCNCCOc1cc(F)ccc1C. The molecule has 108 valence electrons. The van der Waals surface area contributed by atoms with Crippen molar-refractivity contribution < 1.29 is 9.13 Å². The first-order valence-electron chi connectivity index (χ1n) is 6.99. The second-order valence-corrected chi connectivity index (χ2v) is 4.54. The highest BCUT2D eigenvalue weighted by Crippen LogP contribution is 2.18. The van der Waals surface area contributed by atoms with Crippen LogP contribution in [0.25, 0.3) is 0 Å². The number of hydrogen-bond donors (Lipinski definition) is 1. The summed E-state index contributed by atoms with van der Waals surface area (Å²) in [6.07, 6.45) is 0. The van der Waals surface area contributed by atoms with Gasteiger partial charge < -0.3 is 15.0 Å². The molecule has 1 aromatic carbocycles. The number of hydrogen-bond acceptors (Lipinski definition) is 3. The van der Waals surface area contributed by atoms with E-state index in [1.807, 2.05) is 6.92 Å². The fourth-order valence-electron chi connectivity index (χ4n) is 1.86. The third kappa shape index (κ3) is 6.03. The van der Waals surface area contributed by atoms with Gasteiger partial charge in [0.2, 0.25) is 0 Å². The molecular weight excluding hydrogens is 243 g/mol. The average Bonchev–Trinajstić information content (AvgIpc) is 2.42. The summed E-state index contributed by atoms with van der Waals surface area (Å²) in [7, 11) is 0. The number of nitrogens with one attached hydrogen (secondary N) is 1. The lowest BCUT2D eigenvalue weighted by Crippen LogP contribution is -2.33. The minimum Gasteiger partial charge on any atom is -0.492 e. The molecule has 0 saturated carbocycles. The Labute approximate surface area is 115 Å². The summed E-state index contributed by atoms with van der Waals surface area (Å²) in [5.41, 5.74) is 0.963. The first-order valence-corrected chi connectivity index (χ1v) is 6.99. The number of likely N-dealkylation sites (N-methyl/N-ethyl adjacent to an activating group) is 1. The van der Waals surface area contributed by atoms with Crippen LogP contribution in [-0.2, 0) is 0 Å². The molecule has 4 heteroatoms. The van der Waals surface area contributed by atoms with E-state index in [1.54, 1.807) is 6.07 Å². The predicted octanol–water partition coefficient (Wildman–Crippen LogP) is 2.44. The van der Waals surface area contributed by atoms with Gasteiger partial charge in [-0.1, -0.05) is 19.9 Å². The Morgan fingerprint density at radius 3 is 2.63 bits per heavy atom. The summed E-state index contributed by atoms with van der Waals surface area (Å²) < 4.78 is 18.6. The summed E-state index contributed by atoms with van der Waals surface area (Å²) in [5, 5.41) is 3.33. The van der Waals surface area contributed by atoms with Crippen molar-refractivity contribution >= 4 is 0 Å². The molecule has 0 atom stereocenters. The van der Waals surface area contributed by atoms with Gasteiger partial charge in [0.25, 0.3) is 0 Å². The lowest BCUT2D eigenvalue weighted by atomic mass is 10.2. The van der Waals surface area contributed by atoms with Crippen LogP contribution in [-0.4, -0.2) is 44.2 Å². The molecule has 0 aliphatic carbocycles. The van der Waals surface area contributed by atoms with Gasteiger partial charge in [-0.3, -0.25) is 0 Å². The maximum Gasteiger partial charge on any atom is 0.126 e. The van der Waals surface area contributed by atoms with E-state index in [4.69, 9.17) is 4.74 Å². The molecule has 1 rings (SSSR count). The molecule has 0 amide bonds. The van der Waals surface area contributed by atoms with Crippen molar-refractivity contribution in [2.75, 3.05) is 39.3 Å². The summed E-state index contributed by atoms with van der Waals surface area (Å²) in [5.74, 6) is 0.376. The predicted molar refractivity (Wildman–Crippen MR) is 77.3 cm³/mol. The molecule has 0 aliphatic heterocycles. The molecule has 0 saturated heterocycles. The number of ether oxygens (including phenoxy) is 1. The van der Waals surface area contributed by atoms with E-state index in [0.717, 1.165) is 38.3 Å². The Bertz CT molecular complexity index is 367. The lowest BCUT2D eigenvalue weighted by molar-refractivity contribution is 0.284. The van der Waals surface area contributed by atoms with Crippen molar-refractivity contribution in [3.8, 4) is 5.75 Å². The third-order valence-electron chi connectivity index (χ3n) is 3.19. The van der Waals surface area contributed by atoms with E-state index in [2.05, 4.69) is 24.1 Å². The van der Waals surface area contributed by atoms with Gasteiger partial charge in [-0.15, -0.1) is 0 Å². The Morgan fingerprint density at radius 2 is 1.95 bits per heavy atom. The molecule has 0 bridgehead atoms. The highest BCUT2D eigenvalue weighted by atomic mass is 19.1. The summed E-state index contributed by atoms with van der Waals surface area (Å²) >= 11 is 0. The molecule has 0 unspecified atom stereocenters. The van der Waals surface area contributed by atoms with E-state index in [-0.39, 0.29) is 5.82 Å². The third-order valence-corrected chi connectivity index (χ3v) is 3.19. The molecule has 1 N–H and O–H groups in total. The van der Waals surface area contributed by atoms with E-state index >= 15 is 0 Å². The van der Waals surface area contributed by atoms with E-state index in [1.165, 1.54) is 12.1 Å². The second kappa shape index (κ2) is 8.88. The standard InChI is InChI=1S/C15H25FN2O/c1-4-18(5-2)10-8-17-9-11-19-15-12-14(16)7-6-13(15)3/h6-7,12,17H,4-5,8-11H2,1-3H3. The molecule has 3 nitrogen and oxygen atoms in total. The summed E-state index contributed by atoms with van der Waals surface area (Å²) in [6.45, 7) is 11.7. The Kier molecular flexibility index (Phi) is 7.45. The van der Waals surface area contributed by atoms with Crippen LogP contribution in [0.15, 0.2) is 18.2 Å². The molecule has 0 spiro atoms. The number of halogens is 1. The first kappa shape index (κ1) is 15.9. The Morgan fingerprint density at radius 1 is 1.21 bits per heavy atom. The fourth-order valence-corrected chi connectivity index (χ4v) is 1.86. The van der Waals surface area contributed by atoms with Gasteiger partial charge in [0.05, 0.1) is 0 Å². The van der Waals surface area contributed by atoms with Gasteiger partial charge in [0, 0.05) is 25.7 Å². The maximum absolute atomic E-state index is 13.0. The maximum atomic E-state index is 13.0. The fraction of sp³-hybridized carbons (Fsp3) is 0.600. The van der Waals surface area contributed by atoms with Crippen molar-refractivity contribution in [3.63, 3.8) is 0 Å². The normalized spacial score (nSPS) is 11.0. The van der Waals surface area contributed by atoms with E-state index < -0.39 is 0 Å². The van der Waals surface area contributed by atoms with Gasteiger partial charge in [0.1, 0.15) is 18.2 Å². The van der Waals surface area contributed by atoms with Crippen LogP contribution in [0.2, 0.25) is 0 Å². The highest BCUT2D eigenvalue weighted by Gasteiger charge is 2.01. The van der Waals surface area contributed by atoms with Crippen molar-refractivity contribution in [3.05, 3.63) is 29.6 Å². The number of rotatable bonds is 9. The van der Waals surface area contributed by atoms with Crippen LogP contribution >= 0.6 is 0 Å². The zero-order valence-corrected chi connectivity index (χ0v) is 12.2. The number of aryl methyl sites for hydroxylation is 1. The van der Waals surface area contributed by atoms with Gasteiger partial charge in [-0.2, -0.15) is 0 Å². The van der Waals surface area contributed by atoms with Crippen molar-refractivity contribution in [2.24, 2.45) is 0 Å². The lowest BCUT2D eigenvalue weighted by Gasteiger charge is -2.18. The van der Waals surface area contributed by atoms with Crippen LogP contribution in [0.5, 0.6) is 5.75 Å². The van der Waals surface area contributed by atoms with Crippen LogP contribution in [0.4, 0.5) is 4.39 Å². The quantitative estimate of drug-likeness (QED) is 0.696. The zero-order valence-electron chi connectivity index (χ0n) is 12.2. The van der Waals surface area contributed by atoms with Crippen molar-refractivity contribution in [1.29, 1.82) is 0 Å². The summed E-state index contributed by atoms with van der Waals surface area (Å²) in [6, 6.07) is 4.62. The molecule has 0 heterocycles. The molecule has 0 aliphatic rings. The Hall–Kier alpha value is -1.13. The van der Waals surface area contributed by atoms with Gasteiger partial charge >= 0.3 is 0 Å². The second-order valence-electron chi connectivity index (χ2n) is 4.54.